The van der Waals surface area contributed by atoms with Crippen molar-refractivity contribution >= 4 is 11.6 Å². The first-order valence-electron chi connectivity index (χ1n) is 5.73. The van der Waals surface area contributed by atoms with E-state index in [-0.39, 0.29) is 5.60 Å². The second kappa shape index (κ2) is 5.69. The Morgan fingerprint density at radius 2 is 2.00 bits per heavy atom. The molecule has 0 aliphatic rings. The summed E-state index contributed by atoms with van der Waals surface area (Å²) in [6.07, 6.45) is 0.787. The summed E-state index contributed by atoms with van der Waals surface area (Å²) in [6.45, 7) is 8.49. The number of nitrogens with zero attached hydrogens (tertiary/aromatic N) is 1. The highest BCUT2D eigenvalue weighted by molar-refractivity contribution is 6.31. The van der Waals surface area contributed by atoms with Gasteiger partial charge in [0.25, 0.3) is 0 Å². The maximum Gasteiger partial charge on any atom is 0.218 e. The van der Waals surface area contributed by atoms with Crippen LogP contribution in [0.3, 0.4) is 0 Å². The van der Waals surface area contributed by atoms with Crippen molar-refractivity contribution in [1.82, 2.24) is 4.98 Å². The third-order valence-electron chi connectivity index (χ3n) is 2.28. The van der Waals surface area contributed by atoms with Gasteiger partial charge >= 0.3 is 0 Å². The Bertz CT molecular complexity index is 386. The lowest BCUT2D eigenvalue weighted by molar-refractivity contribution is -0.0158. The molecule has 0 aromatic carbocycles. The van der Waals surface area contributed by atoms with Crippen LogP contribution in [-0.2, 0) is 17.8 Å². The summed E-state index contributed by atoms with van der Waals surface area (Å²) in [5.74, 6) is 0.593. The number of aromatic nitrogens is 1. The topological polar surface area (TPSA) is 31.4 Å². The second-order valence-corrected chi connectivity index (χ2v) is 5.25. The maximum absolute atomic E-state index is 6.13. The molecule has 96 valence electrons. The molecule has 0 N–H and O–H groups in total. The van der Waals surface area contributed by atoms with Crippen molar-refractivity contribution in [3.63, 3.8) is 0 Å². The number of halogens is 1. The number of hydrogen-bond acceptors (Lipinski definition) is 3. The van der Waals surface area contributed by atoms with E-state index in [0.29, 0.717) is 17.5 Å². The standard InChI is InChI=1S/C13H20ClNO2/c1-6-11-10(14)7-9(12(15-11)16-5)8-17-13(2,3)4/h7H,6,8H2,1-5H3. The lowest BCUT2D eigenvalue weighted by Crippen LogP contribution is -2.19. The van der Waals surface area contributed by atoms with Crippen LogP contribution < -0.4 is 4.74 Å². The van der Waals surface area contributed by atoms with Gasteiger partial charge in [-0.05, 0) is 33.3 Å². The fourth-order valence-corrected chi connectivity index (χ4v) is 1.68. The molecule has 1 heterocycles. The fourth-order valence-electron chi connectivity index (χ4n) is 1.37. The molecule has 1 aromatic heterocycles. The van der Waals surface area contributed by atoms with Crippen LogP contribution in [0.2, 0.25) is 5.02 Å². The van der Waals surface area contributed by atoms with Crippen molar-refractivity contribution in [3.05, 3.63) is 22.3 Å². The van der Waals surface area contributed by atoms with Gasteiger partial charge in [-0.3, -0.25) is 0 Å². The maximum atomic E-state index is 6.13. The van der Waals surface area contributed by atoms with E-state index in [0.717, 1.165) is 17.7 Å². The van der Waals surface area contributed by atoms with Crippen molar-refractivity contribution in [3.8, 4) is 5.88 Å². The number of rotatable bonds is 4. The van der Waals surface area contributed by atoms with Gasteiger partial charge in [-0.25, -0.2) is 4.98 Å². The molecule has 17 heavy (non-hydrogen) atoms. The van der Waals surface area contributed by atoms with E-state index in [2.05, 4.69) is 4.98 Å². The molecule has 0 fully saturated rings. The first-order valence-corrected chi connectivity index (χ1v) is 6.11. The van der Waals surface area contributed by atoms with Crippen molar-refractivity contribution in [1.29, 1.82) is 0 Å². The zero-order valence-corrected chi connectivity index (χ0v) is 11.9. The molecular formula is C13H20ClNO2. The van der Waals surface area contributed by atoms with E-state index in [1.54, 1.807) is 7.11 Å². The summed E-state index contributed by atoms with van der Waals surface area (Å²) in [4.78, 5) is 4.38. The Morgan fingerprint density at radius 3 is 2.47 bits per heavy atom. The molecule has 3 nitrogen and oxygen atoms in total. The van der Waals surface area contributed by atoms with E-state index in [4.69, 9.17) is 21.1 Å². The van der Waals surface area contributed by atoms with Gasteiger partial charge in [0.1, 0.15) is 0 Å². The van der Waals surface area contributed by atoms with Crippen molar-refractivity contribution in [2.45, 2.75) is 46.3 Å². The van der Waals surface area contributed by atoms with E-state index < -0.39 is 0 Å². The fraction of sp³-hybridized carbons (Fsp3) is 0.615. The van der Waals surface area contributed by atoms with Crippen molar-refractivity contribution in [2.24, 2.45) is 0 Å². The molecule has 4 heteroatoms. The Hall–Kier alpha value is -0.800. The van der Waals surface area contributed by atoms with Crippen molar-refractivity contribution < 1.29 is 9.47 Å². The first kappa shape index (κ1) is 14.3. The predicted molar refractivity (Wildman–Crippen MR) is 69.7 cm³/mol. The highest BCUT2D eigenvalue weighted by atomic mass is 35.5. The molecule has 0 amide bonds. The average Bonchev–Trinajstić information content (AvgIpc) is 2.25. The molecule has 0 saturated carbocycles. The van der Waals surface area contributed by atoms with Crippen LogP contribution in [0, 0.1) is 0 Å². The van der Waals surface area contributed by atoms with Crippen molar-refractivity contribution in [2.75, 3.05) is 7.11 Å². The molecule has 0 bridgehead atoms. The second-order valence-electron chi connectivity index (χ2n) is 4.84. The zero-order chi connectivity index (χ0) is 13.1. The average molecular weight is 258 g/mol. The highest BCUT2D eigenvalue weighted by Gasteiger charge is 2.15. The van der Waals surface area contributed by atoms with Crippen LogP contribution in [-0.4, -0.2) is 17.7 Å². The Labute approximate surface area is 108 Å². The minimum absolute atomic E-state index is 0.194. The molecule has 0 radical (unpaired) electrons. The number of pyridine rings is 1. The number of aryl methyl sites for hydroxylation is 1. The van der Waals surface area contributed by atoms with Gasteiger partial charge in [-0.2, -0.15) is 0 Å². The van der Waals surface area contributed by atoms with Gasteiger partial charge in [-0.15, -0.1) is 0 Å². The monoisotopic (exact) mass is 257 g/mol. The van der Waals surface area contributed by atoms with Gasteiger partial charge in [0.15, 0.2) is 0 Å². The van der Waals surface area contributed by atoms with Gasteiger partial charge in [0, 0.05) is 5.56 Å². The normalized spacial score (nSPS) is 11.6. The largest absolute Gasteiger partial charge is 0.481 e. The van der Waals surface area contributed by atoms with Gasteiger partial charge in [0.2, 0.25) is 5.88 Å². The Morgan fingerprint density at radius 1 is 1.35 bits per heavy atom. The van der Waals surface area contributed by atoms with E-state index >= 15 is 0 Å². The third-order valence-corrected chi connectivity index (χ3v) is 2.60. The van der Waals surface area contributed by atoms with Crippen LogP contribution in [0.15, 0.2) is 6.07 Å². The lowest BCUT2D eigenvalue weighted by Gasteiger charge is -2.20. The van der Waals surface area contributed by atoms with Crippen LogP contribution in [0.25, 0.3) is 0 Å². The molecule has 0 saturated heterocycles. The number of methoxy groups -OCH3 is 1. The van der Waals surface area contributed by atoms with Gasteiger partial charge in [0.05, 0.1) is 30.0 Å². The SMILES string of the molecule is CCc1nc(OC)c(COC(C)(C)C)cc1Cl. The number of hydrogen-bond donors (Lipinski definition) is 0. The smallest absolute Gasteiger partial charge is 0.218 e. The summed E-state index contributed by atoms with van der Waals surface area (Å²) < 4.78 is 11.0. The molecule has 0 aliphatic heterocycles. The molecule has 0 spiro atoms. The number of ether oxygens (including phenoxy) is 2. The molecule has 0 atom stereocenters. The Balaban J connectivity index is 2.95. The predicted octanol–water partition coefficient (Wildman–Crippen LogP) is 3.62. The Kier molecular flexibility index (Phi) is 4.78. The molecular weight excluding hydrogens is 238 g/mol. The molecule has 1 aromatic rings. The summed E-state index contributed by atoms with van der Waals surface area (Å²) in [6, 6.07) is 1.87. The first-order chi connectivity index (χ1) is 7.87. The van der Waals surface area contributed by atoms with Crippen LogP contribution >= 0.6 is 11.6 Å². The van der Waals surface area contributed by atoms with Gasteiger partial charge in [-0.1, -0.05) is 18.5 Å². The minimum Gasteiger partial charge on any atom is -0.481 e. The van der Waals surface area contributed by atoms with E-state index in [9.17, 15) is 0 Å². The summed E-state index contributed by atoms with van der Waals surface area (Å²) in [5.41, 5.74) is 1.54. The van der Waals surface area contributed by atoms with E-state index in [1.807, 2.05) is 33.8 Å². The molecule has 0 aliphatic carbocycles. The zero-order valence-electron chi connectivity index (χ0n) is 11.1. The van der Waals surface area contributed by atoms with Crippen LogP contribution in [0.5, 0.6) is 5.88 Å². The van der Waals surface area contributed by atoms with Crippen LogP contribution in [0.1, 0.15) is 39.0 Å². The lowest BCUT2D eigenvalue weighted by atomic mass is 10.2. The van der Waals surface area contributed by atoms with Gasteiger partial charge < -0.3 is 9.47 Å². The van der Waals surface area contributed by atoms with Crippen LogP contribution in [0.4, 0.5) is 0 Å². The summed E-state index contributed by atoms with van der Waals surface area (Å²) in [7, 11) is 1.61. The third kappa shape index (κ3) is 4.17. The summed E-state index contributed by atoms with van der Waals surface area (Å²) >= 11 is 6.13. The molecule has 0 unspecified atom stereocenters. The quantitative estimate of drug-likeness (QED) is 0.826. The highest BCUT2D eigenvalue weighted by Crippen LogP contribution is 2.25. The van der Waals surface area contributed by atoms with E-state index in [1.165, 1.54) is 0 Å². The minimum atomic E-state index is -0.194. The summed E-state index contributed by atoms with van der Waals surface area (Å²) in [5, 5.41) is 0.667. The molecule has 1 rings (SSSR count).